The average Bonchev–Trinajstić information content (AvgIpc) is 3.34. The molecule has 5 aromatic rings. The van der Waals surface area contributed by atoms with Crippen molar-refractivity contribution in [3.8, 4) is 34.3 Å². The molecule has 4 heterocycles. The second-order valence-corrected chi connectivity index (χ2v) is 12.8. The molecular weight excluding hydrogens is 568 g/mol. The molecule has 1 saturated heterocycles. The maximum absolute atomic E-state index is 13.6. The number of primary amides is 1. The molecule has 10 heteroatoms. The molecule has 1 aliphatic heterocycles. The number of likely N-dealkylation sites (tertiary alicyclic amines) is 1. The van der Waals surface area contributed by atoms with Crippen LogP contribution in [0.15, 0.2) is 48.5 Å². The second kappa shape index (κ2) is 10.4. The van der Waals surface area contributed by atoms with Gasteiger partial charge in [0.15, 0.2) is 5.82 Å². The van der Waals surface area contributed by atoms with Crippen molar-refractivity contribution in [1.82, 2.24) is 24.0 Å². The Morgan fingerprint density at radius 3 is 2.42 bits per heavy atom. The van der Waals surface area contributed by atoms with Crippen molar-refractivity contribution in [2.45, 2.75) is 44.7 Å². The molecule has 230 valence electrons. The smallest absolute Gasteiger partial charge is 0.254 e. The molecule has 0 spiro atoms. The first-order valence-electron chi connectivity index (χ1n) is 15.7. The monoisotopic (exact) mass is 604 g/mol. The molecule has 2 N–H and O–H groups in total. The van der Waals surface area contributed by atoms with Crippen LogP contribution in [-0.2, 0) is 13.6 Å². The summed E-state index contributed by atoms with van der Waals surface area (Å²) < 4.78 is 15.8. The maximum atomic E-state index is 13.6. The minimum atomic E-state index is -0.509. The number of nitrogens with two attached hydrogens (primary N) is 1. The molecule has 0 radical (unpaired) electrons. The number of methoxy groups -OCH3 is 2. The van der Waals surface area contributed by atoms with Gasteiger partial charge in [0.1, 0.15) is 22.7 Å². The summed E-state index contributed by atoms with van der Waals surface area (Å²) in [4.78, 5) is 37.7. The number of piperidine rings is 1. The molecule has 8 rings (SSSR count). The summed E-state index contributed by atoms with van der Waals surface area (Å²) in [6.07, 6.45) is 5.80. The number of rotatable bonds is 8. The number of ether oxygens (including phenoxy) is 2. The molecule has 3 aliphatic rings. The fraction of sp³-hybridized carbons (Fsp3) is 0.371. The molecule has 3 aromatic heterocycles. The summed E-state index contributed by atoms with van der Waals surface area (Å²) in [6, 6.07) is 15.5. The highest BCUT2D eigenvalue weighted by molar-refractivity contribution is 6.00. The molecule has 2 amide bonds. The van der Waals surface area contributed by atoms with Gasteiger partial charge < -0.3 is 29.2 Å². The van der Waals surface area contributed by atoms with Crippen molar-refractivity contribution in [2.75, 3.05) is 20.8 Å². The summed E-state index contributed by atoms with van der Waals surface area (Å²) in [5, 5.41) is 1.00. The first-order valence-corrected chi connectivity index (χ1v) is 15.7. The Bertz CT molecular complexity index is 2020. The Balaban J connectivity index is 1.24. The van der Waals surface area contributed by atoms with Gasteiger partial charge in [-0.1, -0.05) is 0 Å². The summed E-state index contributed by atoms with van der Waals surface area (Å²) in [5.74, 6) is 2.73. The van der Waals surface area contributed by atoms with E-state index in [0.717, 1.165) is 70.8 Å². The van der Waals surface area contributed by atoms with Crippen LogP contribution in [0, 0.1) is 11.8 Å². The second-order valence-electron chi connectivity index (χ2n) is 12.8. The average molecular weight is 605 g/mol. The van der Waals surface area contributed by atoms with Gasteiger partial charge in [0.2, 0.25) is 5.91 Å². The number of carbonyl (C=O) groups excluding carboxylic acids is 2. The van der Waals surface area contributed by atoms with Gasteiger partial charge in [-0.05, 0) is 92.5 Å². The molecule has 2 atom stereocenters. The lowest BCUT2D eigenvalue weighted by Crippen LogP contribution is -2.37. The zero-order chi connectivity index (χ0) is 31.0. The zero-order valence-electron chi connectivity index (χ0n) is 25.7. The van der Waals surface area contributed by atoms with E-state index in [2.05, 4.69) is 21.3 Å². The highest BCUT2D eigenvalue weighted by atomic mass is 16.5. The van der Waals surface area contributed by atoms with E-state index < -0.39 is 5.91 Å². The summed E-state index contributed by atoms with van der Waals surface area (Å²) >= 11 is 0. The molecule has 45 heavy (non-hydrogen) atoms. The summed E-state index contributed by atoms with van der Waals surface area (Å²) in [7, 11) is 5.22. The number of benzene rings is 2. The first-order chi connectivity index (χ1) is 21.8. The van der Waals surface area contributed by atoms with Crippen LogP contribution in [0.5, 0.6) is 11.5 Å². The predicted molar refractivity (Wildman–Crippen MR) is 171 cm³/mol. The Morgan fingerprint density at radius 2 is 1.73 bits per heavy atom. The largest absolute Gasteiger partial charge is 0.496 e. The fourth-order valence-electron chi connectivity index (χ4n) is 7.42. The van der Waals surface area contributed by atoms with Gasteiger partial charge in [-0.3, -0.25) is 9.59 Å². The number of hydrogen-bond donors (Lipinski definition) is 1. The minimum absolute atomic E-state index is 0.0634. The van der Waals surface area contributed by atoms with Crippen molar-refractivity contribution in [3.63, 3.8) is 0 Å². The van der Waals surface area contributed by atoms with Crippen LogP contribution in [-0.4, -0.2) is 62.6 Å². The quantitative estimate of drug-likeness (QED) is 0.253. The van der Waals surface area contributed by atoms with Crippen molar-refractivity contribution in [1.29, 1.82) is 0 Å². The van der Waals surface area contributed by atoms with E-state index in [4.69, 9.17) is 25.2 Å². The van der Waals surface area contributed by atoms with E-state index >= 15 is 0 Å². The normalized spacial score (nSPS) is 19.1. The zero-order valence-corrected chi connectivity index (χ0v) is 25.7. The third kappa shape index (κ3) is 4.53. The van der Waals surface area contributed by atoms with E-state index in [1.165, 1.54) is 19.3 Å². The number of imidazole rings is 1. The lowest BCUT2D eigenvalue weighted by molar-refractivity contribution is 0.0703. The topological polar surface area (TPSA) is 118 Å². The van der Waals surface area contributed by atoms with Crippen LogP contribution in [0.25, 0.3) is 44.8 Å². The lowest BCUT2D eigenvalue weighted by Gasteiger charge is -2.27. The standard InChI is InChI=1S/C35H36N6O4/c1-39-31-27(13-23(16-30(31)45-3)35(43)40-18-20-6-9-24(40)12-20)38-34(39)28-14-22-8-11-26(37-33(22)41(28)17-19-4-5-19)25-10-7-21(32(36)42)15-29(25)44-2/h7-8,10-11,13-16,19-20,24H,4-6,9,12,17-18H2,1-3H3,(H2,36,42). The van der Waals surface area contributed by atoms with E-state index in [-0.39, 0.29) is 5.91 Å². The Hall–Kier alpha value is -4.86. The maximum Gasteiger partial charge on any atom is 0.254 e. The fourth-order valence-corrected chi connectivity index (χ4v) is 7.42. The highest BCUT2D eigenvalue weighted by Gasteiger charge is 2.40. The number of aryl methyl sites for hydroxylation is 1. The molecule has 2 aliphatic carbocycles. The number of carbonyl (C=O) groups is 2. The highest BCUT2D eigenvalue weighted by Crippen LogP contribution is 2.41. The van der Waals surface area contributed by atoms with Gasteiger partial charge in [-0.2, -0.15) is 0 Å². The van der Waals surface area contributed by atoms with Crippen LogP contribution in [0.4, 0.5) is 0 Å². The lowest BCUT2D eigenvalue weighted by atomic mass is 10.1. The minimum Gasteiger partial charge on any atom is -0.496 e. The molecular formula is C35H36N6O4. The first kappa shape index (κ1) is 27.7. The molecule has 2 aromatic carbocycles. The van der Waals surface area contributed by atoms with Gasteiger partial charge in [0, 0.05) is 48.3 Å². The summed E-state index contributed by atoms with van der Waals surface area (Å²) in [6.45, 7) is 1.67. The molecule has 2 bridgehead atoms. The van der Waals surface area contributed by atoms with Gasteiger partial charge in [-0.25, -0.2) is 9.97 Å². The van der Waals surface area contributed by atoms with E-state index in [9.17, 15) is 9.59 Å². The summed E-state index contributed by atoms with van der Waals surface area (Å²) in [5.41, 5.74) is 11.4. The molecule has 2 saturated carbocycles. The third-order valence-electron chi connectivity index (χ3n) is 9.94. The molecule has 3 fully saturated rings. The number of fused-ring (bicyclic) bond motifs is 4. The van der Waals surface area contributed by atoms with Gasteiger partial charge >= 0.3 is 0 Å². The van der Waals surface area contributed by atoms with E-state index in [1.54, 1.807) is 26.4 Å². The van der Waals surface area contributed by atoms with Crippen LogP contribution >= 0.6 is 0 Å². The number of hydrogen-bond acceptors (Lipinski definition) is 6. The van der Waals surface area contributed by atoms with Gasteiger partial charge in [0.05, 0.1) is 31.1 Å². The number of amides is 2. The van der Waals surface area contributed by atoms with Crippen molar-refractivity contribution < 1.29 is 19.1 Å². The number of aromatic nitrogens is 4. The van der Waals surface area contributed by atoms with Crippen LogP contribution in [0.2, 0.25) is 0 Å². The van der Waals surface area contributed by atoms with Crippen LogP contribution in [0.1, 0.15) is 52.8 Å². The number of nitrogens with zero attached hydrogens (tertiary/aromatic N) is 5. The molecule has 10 nitrogen and oxygen atoms in total. The van der Waals surface area contributed by atoms with E-state index in [1.807, 2.05) is 36.2 Å². The SMILES string of the molecule is COc1cc(C(N)=O)ccc1-c1ccc2cc(-c3nc4cc(C(=O)N5CC6CCC5C6)cc(OC)c4n3C)n(CC3CC3)c2n1. The van der Waals surface area contributed by atoms with Crippen molar-refractivity contribution in [3.05, 3.63) is 59.7 Å². The van der Waals surface area contributed by atoms with Crippen LogP contribution < -0.4 is 15.2 Å². The van der Waals surface area contributed by atoms with Crippen molar-refractivity contribution >= 4 is 33.9 Å². The predicted octanol–water partition coefficient (Wildman–Crippen LogP) is 5.41. The van der Waals surface area contributed by atoms with Gasteiger partial charge in [0.25, 0.3) is 5.91 Å². The van der Waals surface area contributed by atoms with Crippen LogP contribution in [0.3, 0.4) is 0 Å². The Morgan fingerprint density at radius 1 is 0.933 bits per heavy atom. The third-order valence-corrected chi connectivity index (χ3v) is 9.94. The number of pyridine rings is 1. The van der Waals surface area contributed by atoms with Gasteiger partial charge in [-0.15, -0.1) is 0 Å². The molecule has 2 unspecified atom stereocenters. The Kier molecular flexibility index (Phi) is 6.37. The van der Waals surface area contributed by atoms with E-state index in [0.29, 0.717) is 40.5 Å². The Labute approximate surface area is 260 Å². The van der Waals surface area contributed by atoms with Crippen molar-refractivity contribution in [2.24, 2.45) is 24.6 Å².